The minimum atomic E-state index is -0.465. The number of thioether (sulfide) groups is 1. The Kier molecular flexibility index (Phi) is 5.81. The number of nitrogens with one attached hydrogen (secondary N) is 1. The van der Waals surface area contributed by atoms with Crippen LogP contribution in [0.3, 0.4) is 0 Å². The molecule has 0 saturated heterocycles. The van der Waals surface area contributed by atoms with E-state index in [1.165, 1.54) is 11.8 Å². The number of carbonyl (C=O) groups is 2. The normalized spacial score (nSPS) is 12.0. The molecular weight excluding hydrogens is 410 g/mol. The quantitative estimate of drug-likeness (QED) is 0.365. The van der Waals surface area contributed by atoms with Gasteiger partial charge in [-0.1, -0.05) is 54.2 Å². The fraction of sp³-hybridized carbons (Fsp3) is 0.174. The molecule has 0 spiro atoms. The van der Waals surface area contributed by atoms with E-state index in [1.807, 2.05) is 42.5 Å². The highest BCUT2D eigenvalue weighted by Gasteiger charge is 2.21. The molecule has 0 radical (unpaired) electrons. The summed E-state index contributed by atoms with van der Waals surface area (Å²) in [5.74, 6) is 0.136. The summed E-state index contributed by atoms with van der Waals surface area (Å²) in [5.41, 5.74) is 3.30. The molecule has 0 aliphatic heterocycles. The maximum absolute atomic E-state index is 12.9. The van der Waals surface area contributed by atoms with Crippen molar-refractivity contribution in [1.29, 1.82) is 0 Å². The zero-order valence-electron chi connectivity index (χ0n) is 17.4. The third-order valence-electron chi connectivity index (χ3n) is 4.78. The van der Waals surface area contributed by atoms with Gasteiger partial charge in [-0.3, -0.25) is 14.0 Å². The number of aryl methyl sites for hydroxylation is 2. The highest BCUT2D eigenvalue weighted by molar-refractivity contribution is 8.00. The number of aromatic nitrogens is 4. The van der Waals surface area contributed by atoms with Crippen molar-refractivity contribution >= 4 is 34.9 Å². The molecule has 8 heteroatoms. The maximum Gasteiger partial charge on any atom is 0.256 e. The summed E-state index contributed by atoms with van der Waals surface area (Å²) >= 11 is 1.29. The maximum atomic E-state index is 12.9. The molecule has 1 amide bonds. The number of rotatable bonds is 6. The molecule has 1 N–H and O–H groups in total. The number of ketones is 1. The number of carbonyl (C=O) groups excluding carboxylic acids is 2. The molecule has 0 fully saturated rings. The van der Waals surface area contributed by atoms with Crippen molar-refractivity contribution in [2.75, 3.05) is 5.32 Å². The second-order valence-corrected chi connectivity index (χ2v) is 8.45. The molecule has 156 valence electrons. The Morgan fingerprint density at radius 1 is 1.00 bits per heavy atom. The first-order chi connectivity index (χ1) is 14.9. The van der Waals surface area contributed by atoms with Gasteiger partial charge in [-0.25, -0.2) is 4.98 Å². The van der Waals surface area contributed by atoms with Gasteiger partial charge in [0.05, 0.1) is 10.9 Å². The summed E-state index contributed by atoms with van der Waals surface area (Å²) in [5, 5.41) is 11.3. The molecule has 4 rings (SSSR count). The number of hydrogen-bond acceptors (Lipinski definition) is 6. The van der Waals surface area contributed by atoms with Crippen LogP contribution in [0.15, 0.2) is 65.8 Å². The van der Waals surface area contributed by atoms with Crippen molar-refractivity contribution < 1.29 is 9.59 Å². The molecule has 0 aliphatic carbocycles. The summed E-state index contributed by atoms with van der Waals surface area (Å²) < 4.78 is 1.83. The second kappa shape index (κ2) is 8.69. The summed E-state index contributed by atoms with van der Waals surface area (Å²) in [6.07, 6.45) is 0. The van der Waals surface area contributed by atoms with Crippen molar-refractivity contribution in [3.05, 3.63) is 83.2 Å². The number of fused-ring (bicyclic) bond motifs is 1. The van der Waals surface area contributed by atoms with E-state index in [0.717, 1.165) is 11.4 Å². The number of anilines is 1. The third kappa shape index (κ3) is 4.34. The Balaban J connectivity index is 1.54. The van der Waals surface area contributed by atoms with E-state index < -0.39 is 5.25 Å². The van der Waals surface area contributed by atoms with Crippen LogP contribution in [-0.2, 0) is 4.79 Å². The minimum Gasteiger partial charge on any atom is -0.324 e. The van der Waals surface area contributed by atoms with Gasteiger partial charge in [0.25, 0.3) is 5.78 Å². The predicted molar refractivity (Wildman–Crippen MR) is 121 cm³/mol. The van der Waals surface area contributed by atoms with E-state index in [-0.39, 0.29) is 11.7 Å². The van der Waals surface area contributed by atoms with Gasteiger partial charge in [-0.05, 0) is 39.0 Å². The highest BCUT2D eigenvalue weighted by Crippen LogP contribution is 2.25. The minimum absolute atomic E-state index is 0.141. The lowest BCUT2D eigenvalue weighted by atomic mass is 10.0. The van der Waals surface area contributed by atoms with Crippen LogP contribution in [0.5, 0.6) is 0 Å². The number of amides is 1. The van der Waals surface area contributed by atoms with Gasteiger partial charge < -0.3 is 5.32 Å². The van der Waals surface area contributed by atoms with Crippen LogP contribution >= 0.6 is 11.8 Å². The largest absolute Gasteiger partial charge is 0.324 e. The summed E-state index contributed by atoms with van der Waals surface area (Å²) in [6, 6.07) is 18.0. The monoisotopic (exact) mass is 431 g/mol. The molecule has 7 nitrogen and oxygen atoms in total. The summed E-state index contributed by atoms with van der Waals surface area (Å²) in [6.45, 7) is 5.64. The zero-order valence-corrected chi connectivity index (χ0v) is 18.2. The fourth-order valence-corrected chi connectivity index (χ4v) is 4.16. The molecule has 31 heavy (non-hydrogen) atoms. The zero-order chi connectivity index (χ0) is 22.0. The van der Waals surface area contributed by atoms with Crippen LogP contribution in [0.1, 0.15) is 34.2 Å². The summed E-state index contributed by atoms with van der Waals surface area (Å²) in [7, 11) is 0. The number of para-hydroxylation sites is 1. The van der Waals surface area contributed by atoms with Crippen molar-refractivity contribution in [3.8, 4) is 0 Å². The molecule has 2 aromatic heterocycles. The van der Waals surface area contributed by atoms with Crippen molar-refractivity contribution in [2.45, 2.75) is 31.2 Å². The molecule has 2 aromatic carbocycles. The molecule has 2 heterocycles. The lowest BCUT2D eigenvalue weighted by molar-refractivity contribution is -0.115. The fourth-order valence-electron chi connectivity index (χ4n) is 3.26. The van der Waals surface area contributed by atoms with Crippen molar-refractivity contribution in [3.63, 3.8) is 0 Å². The van der Waals surface area contributed by atoms with E-state index in [2.05, 4.69) is 20.5 Å². The third-order valence-corrected chi connectivity index (χ3v) is 5.82. The lowest BCUT2D eigenvalue weighted by Gasteiger charge is -2.14. The lowest BCUT2D eigenvalue weighted by Crippen LogP contribution is -2.24. The average Bonchev–Trinajstić information content (AvgIpc) is 3.16. The van der Waals surface area contributed by atoms with E-state index in [9.17, 15) is 9.59 Å². The standard InChI is InChI=1S/C23H21N5O2S/c1-14-13-15(2)28-22(24-14)26-27-23(28)31-16(3)21(30)25-19-12-8-7-11-18(19)20(29)17-9-5-4-6-10-17/h4-13,16H,1-3H3,(H,25,30)/t16-/m0/s1. The van der Waals surface area contributed by atoms with Crippen LogP contribution in [0.25, 0.3) is 5.78 Å². The smallest absolute Gasteiger partial charge is 0.256 e. The van der Waals surface area contributed by atoms with Crippen molar-refractivity contribution in [2.24, 2.45) is 0 Å². The van der Waals surface area contributed by atoms with E-state index in [1.54, 1.807) is 43.3 Å². The Bertz CT molecular complexity index is 1270. The van der Waals surface area contributed by atoms with Gasteiger partial charge in [0, 0.05) is 22.5 Å². The van der Waals surface area contributed by atoms with E-state index in [0.29, 0.717) is 27.7 Å². The van der Waals surface area contributed by atoms with Gasteiger partial charge in [-0.2, -0.15) is 0 Å². The van der Waals surface area contributed by atoms with Crippen LogP contribution < -0.4 is 5.32 Å². The van der Waals surface area contributed by atoms with Crippen molar-refractivity contribution in [1.82, 2.24) is 19.6 Å². The topological polar surface area (TPSA) is 89.2 Å². The summed E-state index contributed by atoms with van der Waals surface area (Å²) in [4.78, 5) is 30.2. The van der Waals surface area contributed by atoms with Crippen LogP contribution in [0.2, 0.25) is 0 Å². The van der Waals surface area contributed by atoms with Gasteiger partial charge in [0.15, 0.2) is 10.9 Å². The molecule has 0 unspecified atom stereocenters. The number of hydrogen-bond donors (Lipinski definition) is 1. The number of benzene rings is 2. The average molecular weight is 432 g/mol. The first-order valence-electron chi connectivity index (χ1n) is 9.79. The molecular formula is C23H21N5O2S. The predicted octanol–water partition coefficient (Wildman–Crippen LogP) is 4.09. The first kappa shape index (κ1) is 20.7. The van der Waals surface area contributed by atoms with Gasteiger partial charge >= 0.3 is 0 Å². The Morgan fingerprint density at radius 2 is 1.71 bits per heavy atom. The number of nitrogens with zero attached hydrogens (tertiary/aromatic N) is 4. The van der Waals surface area contributed by atoms with Gasteiger partial charge in [0.2, 0.25) is 5.91 Å². The van der Waals surface area contributed by atoms with Crippen LogP contribution in [0.4, 0.5) is 5.69 Å². The Hall–Kier alpha value is -3.52. The molecule has 1 atom stereocenters. The first-order valence-corrected chi connectivity index (χ1v) is 10.7. The SMILES string of the molecule is Cc1cc(C)n2c(S[C@@H](C)C(=O)Nc3ccccc3C(=O)c3ccccc3)nnc2n1. The van der Waals surface area contributed by atoms with Crippen LogP contribution in [-0.4, -0.2) is 36.5 Å². The van der Waals surface area contributed by atoms with Crippen LogP contribution in [0, 0.1) is 13.8 Å². The molecule has 0 aliphatic rings. The van der Waals surface area contributed by atoms with Gasteiger partial charge in [-0.15, -0.1) is 10.2 Å². The van der Waals surface area contributed by atoms with Gasteiger partial charge in [0.1, 0.15) is 0 Å². The highest BCUT2D eigenvalue weighted by atomic mass is 32.2. The second-order valence-electron chi connectivity index (χ2n) is 7.15. The molecule has 0 bridgehead atoms. The van der Waals surface area contributed by atoms with E-state index >= 15 is 0 Å². The Labute approximate surface area is 183 Å². The van der Waals surface area contributed by atoms with E-state index in [4.69, 9.17) is 0 Å². The molecule has 0 saturated carbocycles. The molecule has 4 aromatic rings. The Morgan fingerprint density at radius 3 is 2.48 bits per heavy atom.